The fourth-order valence-corrected chi connectivity index (χ4v) is 30.3. The maximum atomic E-state index is 10.3. The molecule has 23 heteroatoms. The van der Waals surface area contributed by atoms with Crippen LogP contribution in [0.4, 0.5) is 0 Å². The van der Waals surface area contributed by atoms with Gasteiger partial charge in [-0.05, 0) is 250 Å². The van der Waals surface area contributed by atoms with Gasteiger partial charge in [-0.15, -0.1) is 90.7 Å². The Kier molecular flexibility index (Phi) is 26.1. The largest absolute Gasteiger partial charge is 0.507 e. The zero-order valence-corrected chi connectivity index (χ0v) is 86.2. The number of benzene rings is 17. The van der Waals surface area contributed by atoms with Gasteiger partial charge in [0, 0.05) is 190 Å². The van der Waals surface area contributed by atoms with Crippen molar-refractivity contribution in [3.8, 4) is 45.6 Å². The van der Waals surface area contributed by atoms with Crippen LogP contribution in [0.5, 0.6) is 17.2 Å². The highest BCUT2D eigenvalue weighted by Gasteiger charge is 2.19. The van der Waals surface area contributed by atoms with E-state index in [4.69, 9.17) is 51.7 Å². The number of fused-ring (bicyclic) bond motifs is 24. The summed E-state index contributed by atoms with van der Waals surface area (Å²) >= 11 is 63.0. The number of halogens is 11. The third-order valence-electron chi connectivity index (χ3n) is 21.4. The number of nitrogens with zero attached hydrogens (tertiary/aromatic N) is 1. The number of hydrogen-bond donors (Lipinski definition) is 3. The van der Waals surface area contributed by atoms with Crippen LogP contribution in [0.1, 0.15) is 11.1 Å². The van der Waals surface area contributed by atoms with E-state index in [2.05, 4.69) is 306 Å². The third-order valence-corrected chi connectivity index (χ3v) is 36.6. The number of aryl methyl sites for hydroxylation is 1. The van der Waals surface area contributed by atoms with Crippen molar-refractivity contribution >= 4 is 410 Å². The van der Waals surface area contributed by atoms with Gasteiger partial charge in [0.15, 0.2) is 0 Å². The number of phenols is 3. The van der Waals surface area contributed by atoms with E-state index in [1.165, 1.54) is 144 Å². The molecule has 4 nitrogen and oxygen atoms in total. The first kappa shape index (κ1) is 88.2. The highest BCUT2D eigenvalue weighted by Crippen LogP contribution is 2.50. The summed E-state index contributed by atoms with van der Waals surface area (Å²) in [6.07, 6.45) is 0. The molecular weight excluding hydrogens is 2270 g/mol. The second kappa shape index (κ2) is 37.6. The minimum atomic E-state index is 0.287. The van der Waals surface area contributed by atoms with Crippen LogP contribution in [0.25, 0.3) is 184 Å². The highest BCUT2D eigenvalue weighted by atomic mass is 79.9. The van der Waals surface area contributed by atoms with Gasteiger partial charge < -0.3 is 15.3 Å². The summed E-state index contributed by atoms with van der Waals surface area (Å²) in [7, 11) is 0. The molecule has 0 saturated carbocycles. The van der Waals surface area contributed by atoms with Crippen LogP contribution in [0, 0.1) is 18.3 Å². The standard InChI is InChI=1S/C24H13BrOS2.C18H11BrOS.C13H5BrClNS.C13H8BrClS.2C12H6BrClS.C12H7BrOS/c25-15-11-19-18-10-14(6-8-23(18)28-24(19)20(26)12-15)13-5-7-22-17(9-13)16-3-1-2-4-21(16)27-22;19-15-9-14-13-8-4-7-12(11-5-2-1-3-6-11)18(13)21-17(14)10-16(15)20;14-10-4-8(15)5-12-13(10)9-2-1-7(6-16)3-11(9)17-12;1-7-2-3-8-11(6-7)16-13-9(14)4-5-10(15)12(8)13;13-9-5-7(14)6-11-12(9)8-3-1-2-4-10(8)15-11;13-8-5-6-9(14)11-7-3-1-2-4-10(7)15-12(8)11;13-9-5-8-7-3-1-2-4-11(7)15-12(8)6-10(9)14/h1-12,26H;1-10,20H;1-5H;2-6H,1H3;2*1-6H;1-6,14H. The second-order valence-electron chi connectivity index (χ2n) is 29.5. The first-order chi connectivity index (χ1) is 61.5. The highest BCUT2D eigenvalue weighted by molar-refractivity contribution is 9.11. The summed E-state index contributed by atoms with van der Waals surface area (Å²) in [4.78, 5) is 0. The summed E-state index contributed by atoms with van der Waals surface area (Å²) in [5, 5.41) is 61.3. The molecule has 8 heterocycles. The van der Waals surface area contributed by atoms with Crippen LogP contribution < -0.4 is 0 Å². The average molecular weight is 2330 g/mol. The molecule has 0 spiro atoms. The van der Waals surface area contributed by atoms with E-state index in [0.717, 1.165) is 96.4 Å². The molecule has 620 valence electrons. The van der Waals surface area contributed by atoms with Gasteiger partial charge >= 0.3 is 0 Å². The smallest absolute Gasteiger partial charge is 0.134 e. The number of hydrogen-bond acceptors (Lipinski definition) is 12. The molecule has 25 rings (SSSR count). The van der Waals surface area contributed by atoms with Gasteiger partial charge in [-0.3, -0.25) is 0 Å². The lowest BCUT2D eigenvalue weighted by Crippen LogP contribution is -1.78. The van der Waals surface area contributed by atoms with Gasteiger partial charge in [-0.2, -0.15) is 5.26 Å². The van der Waals surface area contributed by atoms with E-state index in [1.54, 1.807) is 85.4 Å². The Morgan fingerprint density at radius 2 is 0.661 bits per heavy atom. The molecule has 0 saturated heterocycles. The Labute approximate surface area is 838 Å². The molecule has 0 bridgehead atoms. The second-order valence-corrected chi connectivity index (χ2v) is 45.8. The molecular formula is C104H56Br7Cl4NO3S8. The van der Waals surface area contributed by atoms with E-state index in [-0.39, 0.29) is 5.75 Å². The number of phenolic OH excluding ortho intramolecular Hbond substituents is 3. The van der Waals surface area contributed by atoms with Crippen molar-refractivity contribution in [2.24, 2.45) is 0 Å². The van der Waals surface area contributed by atoms with Crippen molar-refractivity contribution in [2.75, 3.05) is 0 Å². The molecule has 0 amide bonds. The van der Waals surface area contributed by atoms with Crippen molar-refractivity contribution in [1.82, 2.24) is 0 Å². The van der Waals surface area contributed by atoms with E-state index >= 15 is 0 Å². The molecule has 3 N–H and O–H groups in total. The number of thiophene rings is 8. The van der Waals surface area contributed by atoms with E-state index in [0.29, 0.717) is 17.1 Å². The van der Waals surface area contributed by atoms with Gasteiger partial charge in [0.05, 0.1) is 34.7 Å². The summed E-state index contributed by atoms with van der Waals surface area (Å²) in [5.41, 5.74) is 6.85. The Balaban J connectivity index is 0.0000000979. The van der Waals surface area contributed by atoms with Crippen LogP contribution in [0.15, 0.2) is 335 Å². The minimum absolute atomic E-state index is 0.287. The molecule has 8 aromatic heterocycles. The molecule has 127 heavy (non-hydrogen) atoms. The summed E-state index contributed by atoms with van der Waals surface area (Å²) in [6, 6.07) is 105. The maximum Gasteiger partial charge on any atom is 0.134 e. The summed E-state index contributed by atoms with van der Waals surface area (Å²) in [5.74, 6) is 0.919. The number of aromatic hydroxyl groups is 3. The first-order valence-electron chi connectivity index (χ1n) is 39.0. The first-order valence-corrected chi connectivity index (χ1v) is 52.6. The van der Waals surface area contributed by atoms with Gasteiger partial charge in [-0.1, -0.05) is 246 Å². The van der Waals surface area contributed by atoms with Gasteiger partial charge in [-0.25, -0.2) is 0 Å². The van der Waals surface area contributed by atoms with Crippen molar-refractivity contribution in [2.45, 2.75) is 6.92 Å². The van der Waals surface area contributed by atoms with Crippen LogP contribution in [-0.4, -0.2) is 15.3 Å². The predicted molar refractivity (Wildman–Crippen MR) is 587 cm³/mol. The zero-order valence-electron chi connectivity index (χ0n) is 65.6. The van der Waals surface area contributed by atoms with Crippen LogP contribution in [-0.2, 0) is 0 Å². The van der Waals surface area contributed by atoms with Crippen LogP contribution in [0.3, 0.4) is 0 Å². The van der Waals surface area contributed by atoms with Gasteiger partial charge in [0.1, 0.15) is 17.2 Å². The number of nitriles is 1. The lowest BCUT2D eigenvalue weighted by molar-refractivity contribution is 0.472. The van der Waals surface area contributed by atoms with E-state index in [9.17, 15) is 15.3 Å². The van der Waals surface area contributed by atoms with E-state index < -0.39 is 0 Å². The van der Waals surface area contributed by atoms with Gasteiger partial charge in [0.2, 0.25) is 0 Å². The fraction of sp³-hybridized carbons (Fsp3) is 0.00962. The molecule has 0 atom stereocenters. The molecule has 17 aromatic carbocycles. The van der Waals surface area contributed by atoms with Crippen molar-refractivity contribution in [3.05, 3.63) is 366 Å². The number of rotatable bonds is 2. The topological polar surface area (TPSA) is 84.5 Å². The predicted octanol–water partition coefficient (Wildman–Crippen LogP) is 41.3. The van der Waals surface area contributed by atoms with Crippen LogP contribution in [0.2, 0.25) is 20.1 Å². The van der Waals surface area contributed by atoms with Crippen molar-refractivity contribution in [3.63, 3.8) is 0 Å². The molecule has 0 aliphatic heterocycles. The monoisotopic (exact) mass is 2310 g/mol. The minimum Gasteiger partial charge on any atom is -0.507 e. The lowest BCUT2D eigenvalue weighted by Gasteiger charge is -2.04. The Morgan fingerprint density at radius 1 is 0.252 bits per heavy atom. The third kappa shape index (κ3) is 17.8. The SMILES string of the molecule is Cc1ccc2c(c1)sc1c(Br)ccc(Cl)c12.Clc1cc(Br)c2c(c1)sc1ccccc12.Clc1ccc(Br)c2sc3ccccc3c12.N#Cc1ccc2c(c1)sc1cc(Cl)cc(Br)c12.Oc1cc(Br)cc2c1sc1ccc(-c3ccc4sc5ccccc5c4c3)cc12.Oc1cc2sc3c(-c4ccccc4)cccc3c2cc1Br.Oc1cc2sc3ccccc3c2cc1Br. The maximum absolute atomic E-state index is 10.3. The average Bonchev–Trinajstić information content (AvgIpc) is 1.58. The van der Waals surface area contributed by atoms with Crippen LogP contribution >= 0.6 is 249 Å². The Hall–Kier alpha value is -8.09. The quantitative estimate of drug-likeness (QED) is 0.161. The molecule has 0 aliphatic carbocycles. The van der Waals surface area contributed by atoms with Gasteiger partial charge in [0.25, 0.3) is 0 Å². The van der Waals surface area contributed by atoms with E-state index in [1.807, 2.05) is 127 Å². The lowest BCUT2D eigenvalue weighted by atomic mass is 10.0. The normalized spacial score (nSPS) is 11.4. The van der Waals surface area contributed by atoms with Crippen molar-refractivity contribution in [1.29, 1.82) is 5.26 Å². The summed E-state index contributed by atoms with van der Waals surface area (Å²) in [6.45, 7) is 2.11. The fourth-order valence-electron chi connectivity index (χ4n) is 15.6. The zero-order chi connectivity index (χ0) is 87.7. The Morgan fingerprint density at radius 3 is 1.25 bits per heavy atom. The van der Waals surface area contributed by atoms with Crippen molar-refractivity contribution < 1.29 is 15.3 Å². The Bertz CT molecular complexity index is 8750. The summed E-state index contributed by atoms with van der Waals surface area (Å²) < 4.78 is 26.0. The molecule has 0 radical (unpaired) electrons. The molecule has 0 unspecified atom stereocenters. The molecule has 25 aromatic rings. The molecule has 0 fully saturated rings. The molecule has 0 aliphatic rings.